The van der Waals surface area contributed by atoms with Crippen LogP contribution in [-0.2, 0) is 17.2 Å². The summed E-state index contributed by atoms with van der Waals surface area (Å²) in [7, 11) is 1.96. The van der Waals surface area contributed by atoms with Crippen LogP contribution in [-0.4, -0.2) is 34.8 Å². The molecule has 3 nitrogen and oxygen atoms in total. The third kappa shape index (κ3) is 5.03. The average molecular weight is 321 g/mol. The lowest BCUT2D eigenvalue weighted by atomic mass is 9.87. The molecule has 1 aliphatic carbocycles. The van der Waals surface area contributed by atoms with Gasteiger partial charge in [-0.25, -0.2) is 0 Å². The molecule has 4 heteroatoms. The molecule has 1 aromatic carbocycles. The summed E-state index contributed by atoms with van der Waals surface area (Å²) in [5.74, 6) is 2.45. The second-order valence-corrected chi connectivity index (χ2v) is 7.37. The van der Waals surface area contributed by atoms with Gasteiger partial charge in [0.25, 0.3) is 0 Å². The number of carbonyl (C=O) groups excluding carboxylic acids is 1. The Hall–Kier alpha value is -1.00. The predicted molar refractivity (Wildman–Crippen MR) is 92.7 cm³/mol. The first-order valence-electron chi connectivity index (χ1n) is 8.12. The van der Waals surface area contributed by atoms with E-state index in [-0.39, 0.29) is 12.5 Å². The normalized spacial score (nSPS) is 21.6. The number of amides is 1. The fourth-order valence-corrected chi connectivity index (χ4v) is 3.84. The molecule has 0 radical (unpaired) electrons. The largest absolute Gasteiger partial charge is 0.392 e. The summed E-state index contributed by atoms with van der Waals surface area (Å²) in [5.41, 5.74) is 2.13. The molecule has 0 atom stereocenters. The van der Waals surface area contributed by atoms with E-state index < -0.39 is 0 Å². The highest BCUT2D eigenvalue weighted by Gasteiger charge is 2.24. The molecule has 22 heavy (non-hydrogen) atoms. The molecular formula is C18H27NO2S. The second kappa shape index (κ2) is 8.59. The summed E-state index contributed by atoms with van der Waals surface area (Å²) in [6.07, 6.45) is 4.78. The Morgan fingerprint density at radius 2 is 1.77 bits per heavy atom. The minimum absolute atomic E-state index is 0.0801. The van der Waals surface area contributed by atoms with E-state index >= 15 is 0 Å². The van der Waals surface area contributed by atoms with E-state index in [4.69, 9.17) is 5.11 Å². The van der Waals surface area contributed by atoms with E-state index in [2.05, 4.69) is 6.92 Å². The van der Waals surface area contributed by atoms with E-state index in [0.29, 0.717) is 11.8 Å². The Bertz CT molecular complexity index is 466. The Morgan fingerprint density at radius 3 is 2.36 bits per heavy atom. The molecule has 1 amide bonds. The smallest absolute Gasteiger partial charge is 0.232 e. The van der Waals surface area contributed by atoms with Gasteiger partial charge < -0.3 is 10.0 Å². The first kappa shape index (κ1) is 17.4. The third-order valence-electron chi connectivity index (χ3n) is 4.63. The second-order valence-electron chi connectivity index (χ2n) is 6.39. The average Bonchev–Trinajstić information content (AvgIpc) is 2.55. The van der Waals surface area contributed by atoms with Crippen LogP contribution in [0.1, 0.15) is 43.7 Å². The molecule has 2 rings (SSSR count). The van der Waals surface area contributed by atoms with Crippen LogP contribution in [0.2, 0.25) is 0 Å². The van der Waals surface area contributed by atoms with E-state index in [9.17, 15) is 4.79 Å². The first-order valence-corrected chi connectivity index (χ1v) is 9.27. The summed E-state index contributed by atoms with van der Waals surface area (Å²) in [5, 5.41) is 9.02. The standard InChI is InChI=1S/C18H27NO2S/c1-14-3-9-17(10-4-14)19(2)18(21)13-22-12-16-7-5-15(11-20)6-8-16/h5-8,14,17,20H,3-4,9-13H2,1-2H3. The molecule has 0 heterocycles. The van der Waals surface area contributed by atoms with Gasteiger partial charge in [-0.2, -0.15) is 0 Å². The van der Waals surface area contributed by atoms with Crippen molar-refractivity contribution in [1.29, 1.82) is 0 Å². The summed E-state index contributed by atoms with van der Waals surface area (Å²) in [4.78, 5) is 14.3. The molecule has 122 valence electrons. The molecule has 1 N–H and O–H groups in total. The van der Waals surface area contributed by atoms with Gasteiger partial charge in [0.2, 0.25) is 5.91 Å². The maximum atomic E-state index is 12.3. The Labute approximate surface area is 138 Å². The van der Waals surface area contributed by atoms with Crippen molar-refractivity contribution in [2.24, 2.45) is 5.92 Å². The zero-order chi connectivity index (χ0) is 15.9. The molecule has 0 aromatic heterocycles. The van der Waals surface area contributed by atoms with Crippen LogP contribution in [0.15, 0.2) is 24.3 Å². The highest BCUT2D eigenvalue weighted by atomic mass is 32.2. The van der Waals surface area contributed by atoms with E-state index in [1.165, 1.54) is 18.4 Å². The van der Waals surface area contributed by atoms with Crippen molar-refractivity contribution in [2.45, 2.75) is 51.0 Å². The number of benzene rings is 1. The molecule has 0 unspecified atom stereocenters. The van der Waals surface area contributed by atoms with Gasteiger partial charge in [0.1, 0.15) is 0 Å². The van der Waals surface area contributed by atoms with Crippen molar-refractivity contribution in [1.82, 2.24) is 4.90 Å². The molecule has 1 saturated carbocycles. The van der Waals surface area contributed by atoms with Crippen LogP contribution in [0.4, 0.5) is 0 Å². The van der Waals surface area contributed by atoms with E-state index in [0.717, 1.165) is 30.1 Å². The topological polar surface area (TPSA) is 40.5 Å². The Kier molecular flexibility index (Phi) is 6.77. The quantitative estimate of drug-likeness (QED) is 0.872. The fraction of sp³-hybridized carbons (Fsp3) is 0.611. The van der Waals surface area contributed by atoms with Gasteiger partial charge in [0.15, 0.2) is 0 Å². The maximum Gasteiger partial charge on any atom is 0.232 e. The van der Waals surface area contributed by atoms with E-state index in [1.807, 2.05) is 36.2 Å². The van der Waals surface area contributed by atoms with Crippen LogP contribution in [0.3, 0.4) is 0 Å². The van der Waals surface area contributed by atoms with Gasteiger partial charge >= 0.3 is 0 Å². The molecule has 0 saturated heterocycles. The molecule has 0 aliphatic heterocycles. The van der Waals surface area contributed by atoms with Gasteiger partial charge in [0, 0.05) is 18.8 Å². The van der Waals surface area contributed by atoms with Gasteiger partial charge in [0.05, 0.1) is 12.4 Å². The third-order valence-corrected chi connectivity index (χ3v) is 5.61. The lowest BCUT2D eigenvalue weighted by Gasteiger charge is -2.33. The van der Waals surface area contributed by atoms with Gasteiger partial charge in [-0.3, -0.25) is 4.79 Å². The molecule has 0 bridgehead atoms. The lowest BCUT2D eigenvalue weighted by molar-refractivity contribution is -0.129. The van der Waals surface area contributed by atoms with Crippen LogP contribution < -0.4 is 0 Å². The van der Waals surface area contributed by atoms with Crippen molar-refractivity contribution in [3.63, 3.8) is 0 Å². The zero-order valence-electron chi connectivity index (χ0n) is 13.6. The first-order chi connectivity index (χ1) is 10.6. The highest BCUT2D eigenvalue weighted by molar-refractivity contribution is 7.99. The van der Waals surface area contributed by atoms with Crippen molar-refractivity contribution < 1.29 is 9.90 Å². The van der Waals surface area contributed by atoms with Crippen LogP contribution in [0.5, 0.6) is 0 Å². The minimum atomic E-state index is 0.0801. The van der Waals surface area contributed by atoms with Gasteiger partial charge in [-0.1, -0.05) is 31.2 Å². The summed E-state index contributed by atoms with van der Waals surface area (Å²) < 4.78 is 0. The maximum absolute atomic E-state index is 12.3. The van der Waals surface area contributed by atoms with Gasteiger partial charge in [-0.15, -0.1) is 11.8 Å². The van der Waals surface area contributed by atoms with Crippen LogP contribution in [0, 0.1) is 5.92 Å². The predicted octanol–water partition coefficient (Wildman–Crippen LogP) is 3.45. The number of aliphatic hydroxyl groups is 1. The Morgan fingerprint density at radius 1 is 1.18 bits per heavy atom. The van der Waals surface area contributed by atoms with Crippen molar-refractivity contribution >= 4 is 17.7 Å². The molecule has 1 fully saturated rings. The van der Waals surface area contributed by atoms with Crippen molar-refractivity contribution in [2.75, 3.05) is 12.8 Å². The number of nitrogens with zero attached hydrogens (tertiary/aromatic N) is 1. The molecular weight excluding hydrogens is 294 g/mol. The summed E-state index contributed by atoms with van der Waals surface area (Å²) in [6.45, 7) is 2.38. The zero-order valence-corrected chi connectivity index (χ0v) is 14.4. The summed E-state index contributed by atoms with van der Waals surface area (Å²) in [6, 6.07) is 8.36. The fourth-order valence-electron chi connectivity index (χ4n) is 2.93. The number of aliphatic hydroxyl groups excluding tert-OH is 1. The monoisotopic (exact) mass is 321 g/mol. The SMILES string of the molecule is CC1CCC(N(C)C(=O)CSCc2ccc(CO)cc2)CC1. The summed E-state index contributed by atoms with van der Waals surface area (Å²) >= 11 is 1.67. The molecule has 1 aliphatic rings. The molecule has 0 spiro atoms. The number of rotatable bonds is 6. The van der Waals surface area contributed by atoms with Crippen molar-refractivity contribution in [3.05, 3.63) is 35.4 Å². The van der Waals surface area contributed by atoms with Crippen molar-refractivity contribution in [3.8, 4) is 0 Å². The molecule has 1 aromatic rings. The van der Waals surface area contributed by atoms with Gasteiger partial charge in [-0.05, 0) is 42.7 Å². The minimum Gasteiger partial charge on any atom is -0.392 e. The number of hydrogen-bond donors (Lipinski definition) is 1. The van der Waals surface area contributed by atoms with Crippen LogP contribution in [0.25, 0.3) is 0 Å². The highest BCUT2D eigenvalue weighted by Crippen LogP contribution is 2.27. The van der Waals surface area contributed by atoms with Crippen LogP contribution >= 0.6 is 11.8 Å². The number of hydrogen-bond acceptors (Lipinski definition) is 3. The number of thioether (sulfide) groups is 1. The Balaban J connectivity index is 1.72. The van der Waals surface area contributed by atoms with E-state index in [1.54, 1.807) is 11.8 Å². The number of carbonyl (C=O) groups is 1. The lowest BCUT2D eigenvalue weighted by Crippen LogP contribution is -2.40.